The number of urea groups is 1. The van der Waals surface area contributed by atoms with Gasteiger partial charge in [0.2, 0.25) is 0 Å². The van der Waals surface area contributed by atoms with Crippen LogP contribution in [0.1, 0.15) is 23.6 Å². The molecule has 0 saturated heterocycles. The molecular formula is C18H22N2O2. The standard InChI is InChI=1S/C18H22N2O2/c1-14-8-10-15(11-9-14)12-19-17(21)20-13-18(2,22)16-6-4-3-5-7-16/h3-11,22H,12-13H2,1-2H3,(H2,19,20,21). The highest BCUT2D eigenvalue weighted by Gasteiger charge is 2.23. The average Bonchev–Trinajstić information content (AvgIpc) is 2.53. The van der Waals surface area contributed by atoms with Crippen LogP contribution in [0.4, 0.5) is 4.79 Å². The van der Waals surface area contributed by atoms with Crippen molar-refractivity contribution in [1.29, 1.82) is 0 Å². The highest BCUT2D eigenvalue weighted by Crippen LogP contribution is 2.18. The van der Waals surface area contributed by atoms with Crippen molar-refractivity contribution in [3.63, 3.8) is 0 Å². The molecule has 2 aromatic carbocycles. The summed E-state index contributed by atoms with van der Waals surface area (Å²) in [7, 11) is 0. The molecule has 0 fully saturated rings. The number of hydrogen-bond donors (Lipinski definition) is 3. The number of aliphatic hydroxyl groups is 1. The fraction of sp³-hybridized carbons (Fsp3) is 0.278. The van der Waals surface area contributed by atoms with Gasteiger partial charge in [0.25, 0.3) is 0 Å². The zero-order valence-electron chi connectivity index (χ0n) is 13.0. The summed E-state index contributed by atoms with van der Waals surface area (Å²) in [5, 5.41) is 15.9. The lowest BCUT2D eigenvalue weighted by Gasteiger charge is -2.24. The Kier molecular flexibility index (Phi) is 5.17. The lowest BCUT2D eigenvalue weighted by molar-refractivity contribution is 0.0594. The molecule has 0 radical (unpaired) electrons. The molecule has 0 aliphatic rings. The highest BCUT2D eigenvalue weighted by molar-refractivity contribution is 5.73. The van der Waals surface area contributed by atoms with Gasteiger partial charge in [0.1, 0.15) is 5.60 Å². The zero-order chi connectivity index (χ0) is 16.0. The molecule has 0 spiro atoms. The topological polar surface area (TPSA) is 61.4 Å². The van der Waals surface area contributed by atoms with E-state index in [2.05, 4.69) is 10.6 Å². The first-order valence-electron chi connectivity index (χ1n) is 7.32. The molecule has 4 heteroatoms. The molecule has 0 heterocycles. The van der Waals surface area contributed by atoms with E-state index in [0.29, 0.717) is 6.54 Å². The normalized spacial score (nSPS) is 13.2. The SMILES string of the molecule is Cc1ccc(CNC(=O)NCC(C)(O)c2ccccc2)cc1. The molecule has 4 nitrogen and oxygen atoms in total. The molecule has 116 valence electrons. The molecule has 0 aliphatic carbocycles. The van der Waals surface area contributed by atoms with Crippen molar-refractivity contribution in [2.75, 3.05) is 6.54 Å². The largest absolute Gasteiger partial charge is 0.384 e. The van der Waals surface area contributed by atoms with Gasteiger partial charge in [-0.15, -0.1) is 0 Å². The van der Waals surface area contributed by atoms with Gasteiger partial charge in [-0.2, -0.15) is 0 Å². The predicted octanol–water partition coefficient (Wildman–Crippen LogP) is 2.70. The van der Waals surface area contributed by atoms with E-state index in [9.17, 15) is 9.90 Å². The van der Waals surface area contributed by atoms with Gasteiger partial charge in [-0.1, -0.05) is 60.2 Å². The van der Waals surface area contributed by atoms with Gasteiger partial charge in [-0.05, 0) is 25.0 Å². The second-order valence-electron chi connectivity index (χ2n) is 5.66. The van der Waals surface area contributed by atoms with Gasteiger partial charge in [-0.25, -0.2) is 4.79 Å². The van der Waals surface area contributed by atoms with Gasteiger partial charge < -0.3 is 15.7 Å². The zero-order valence-corrected chi connectivity index (χ0v) is 13.0. The van der Waals surface area contributed by atoms with Gasteiger partial charge in [0.15, 0.2) is 0 Å². The monoisotopic (exact) mass is 298 g/mol. The van der Waals surface area contributed by atoms with Crippen LogP contribution in [0.3, 0.4) is 0 Å². The third kappa shape index (κ3) is 4.60. The number of aryl methyl sites for hydroxylation is 1. The first kappa shape index (κ1) is 16.0. The molecule has 1 atom stereocenters. The van der Waals surface area contributed by atoms with Crippen LogP contribution in [-0.2, 0) is 12.1 Å². The second kappa shape index (κ2) is 7.09. The van der Waals surface area contributed by atoms with Gasteiger partial charge >= 0.3 is 6.03 Å². The summed E-state index contributed by atoms with van der Waals surface area (Å²) in [5.41, 5.74) is 1.90. The van der Waals surface area contributed by atoms with Gasteiger partial charge in [0, 0.05) is 6.54 Å². The number of nitrogens with one attached hydrogen (secondary N) is 2. The van der Waals surface area contributed by atoms with Gasteiger partial charge in [-0.3, -0.25) is 0 Å². The summed E-state index contributed by atoms with van der Waals surface area (Å²) < 4.78 is 0. The average molecular weight is 298 g/mol. The summed E-state index contributed by atoms with van der Waals surface area (Å²) in [4.78, 5) is 11.8. The van der Waals surface area contributed by atoms with Crippen LogP contribution >= 0.6 is 0 Å². The summed E-state index contributed by atoms with van der Waals surface area (Å²) in [6.07, 6.45) is 0. The number of benzene rings is 2. The summed E-state index contributed by atoms with van der Waals surface area (Å²) in [6, 6.07) is 17.0. The molecule has 2 aromatic rings. The maximum atomic E-state index is 11.8. The predicted molar refractivity (Wildman–Crippen MR) is 87.4 cm³/mol. The molecule has 22 heavy (non-hydrogen) atoms. The fourth-order valence-corrected chi connectivity index (χ4v) is 2.10. The minimum absolute atomic E-state index is 0.150. The Hall–Kier alpha value is -2.33. The van der Waals surface area contributed by atoms with E-state index in [-0.39, 0.29) is 12.6 Å². The van der Waals surface area contributed by atoms with Gasteiger partial charge in [0.05, 0.1) is 6.54 Å². The quantitative estimate of drug-likeness (QED) is 0.795. The summed E-state index contributed by atoms with van der Waals surface area (Å²) in [5.74, 6) is 0. The molecule has 3 N–H and O–H groups in total. The van der Waals surface area contributed by atoms with Crippen molar-refractivity contribution in [2.45, 2.75) is 26.0 Å². The Labute approximate surface area is 131 Å². The van der Waals surface area contributed by atoms with Crippen LogP contribution < -0.4 is 10.6 Å². The Morgan fingerprint density at radius 1 is 1.05 bits per heavy atom. The van der Waals surface area contributed by atoms with E-state index >= 15 is 0 Å². The van der Waals surface area contributed by atoms with Crippen molar-refractivity contribution >= 4 is 6.03 Å². The summed E-state index contributed by atoms with van der Waals surface area (Å²) >= 11 is 0. The van der Waals surface area contributed by atoms with E-state index in [1.807, 2.05) is 61.5 Å². The third-order valence-corrected chi connectivity index (χ3v) is 3.56. The maximum Gasteiger partial charge on any atom is 0.315 e. The minimum atomic E-state index is -1.09. The molecule has 0 aliphatic heterocycles. The van der Waals surface area contributed by atoms with E-state index in [4.69, 9.17) is 0 Å². The van der Waals surface area contributed by atoms with Crippen molar-refractivity contribution in [3.8, 4) is 0 Å². The Bertz CT molecular complexity index is 607. The molecule has 2 rings (SSSR count). The number of hydrogen-bond acceptors (Lipinski definition) is 2. The molecule has 2 amide bonds. The lowest BCUT2D eigenvalue weighted by Crippen LogP contribution is -2.43. The van der Waals surface area contributed by atoms with Crippen LogP contribution in [0.5, 0.6) is 0 Å². The summed E-state index contributed by atoms with van der Waals surface area (Å²) in [6.45, 7) is 4.31. The first-order chi connectivity index (χ1) is 10.5. The van der Waals surface area contributed by atoms with Crippen molar-refractivity contribution in [3.05, 3.63) is 71.3 Å². The Balaban J connectivity index is 1.81. The van der Waals surface area contributed by atoms with E-state index in [1.54, 1.807) is 6.92 Å². The Morgan fingerprint density at radius 3 is 2.32 bits per heavy atom. The molecule has 0 saturated carbocycles. The minimum Gasteiger partial charge on any atom is -0.384 e. The maximum absolute atomic E-state index is 11.8. The van der Waals surface area contributed by atoms with Crippen LogP contribution in [0.2, 0.25) is 0 Å². The molecule has 0 bridgehead atoms. The number of amides is 2. The smallest absolute Gasteiger partial charge is 0.315 e. The van der Waals surface area contributed by atoms with E-state index < -0.39 is 5.60 Å². The number of rotatable bonds is 5. The molecular weight excluding hydrogens is 276 g/mol. The third-order valence-electron chi connectivity index (χ3n) is 3.56. The van der Waals surface area contributed by atoms with E-state index in [1.165, 1.54) is 5.56 Å². The van der Waals surface area contributed by atoms with Crippen LogP contribution in [0.15, 0.2) is 54.6 Å². The highest BCUT2D eigenvalue weighted by atomic mass is 16.3. The Morgan fingerprint density at radius 2 is 1.68 bits per heavy atom. The van der Waals surface area contributed by atoms with Crippen LogP contribution in [0, 0.1) is 6.92 Å². The fourth-order valence-electron chi connectivity index (χ4n) is 2.10. The van der Waals surface area contributed by atoms with Crippen LogP contribution in [0.25, 0.3) is 0 Å². The van der Waals surface area contributed by atoms with Crippen molar-refractivity contribution < 1.29 is 9.90 Å². The van der Waals surface area contributed by atoms with E-state index in [0.717, 1.165) is 11.1 Å². The second-order valence-corrected chi connectivity index (χ2v) is 5.66. The first-order valence-corrected chi connectivity index (χ1v) is 7.32. The van der Waals surface area contributed by atoms with Crippen molar-refractivity contribution in [2.24, 2.45) is 0 Å². The molecule has 1 unspecified atom stereocenters. The van der Waals surface area contributed by atoms with Crippen LogP contribution in [-0.4, -0.2) is 17.7 Å². The van der Waals surface area contributed by atoms with Crippen molar-refractivity contribution in [1.82, 2.24) is 10.6 Å². The number of carbonyl (C=O) groups is 1. The lowest BCUT2D eigenvalue weighted by atomic mass is 9.96. The number of carbonyl (C=O) groups excluding carboxylic acids is 1. The molecule has 0 aromatic heterocycles.